The van der Waals surface area contributed by atoms with Gasteiger partial charge in [-0.25, -0.2) is 0 Å². The molecule has 0 aliphatic carbocycles. The summed E-state index contributed by atoms with van der Waals surface area (Å²) >= 11 is 8.94. The Morgan fingerprint density at radius 1 is 1.58 bits per heavy atom. The molecule has 0 rings (SSSR count). The highest BCUT2D eigenvalue weighted by Crippen LogP contribution is 2.52. The highest BCUT2D eigenvalue weighted by Gasteiger charge is 2.07. The third-order valence-corrected chi connectivity index (χ3v) is 3.57. The molecule has 0 N–H and O–H groups in total. The first kappa shape index (κ1) is 12.5. The van der Waals surface area contributed by atoms with Gasteiger partial charge in [0.25, 0.3) is 5.69 Å². The molecule has 0 amide bonds. The van der Waals surface area contributed by atoms with Crippen molar-refractivity contribution in [3.8, 4) is 0 Å². The molecule has 1 atom stereocenters. The lowest BCUT2D eigenvalue weighted by Gasteiger charge is -2.10. The van der Waals surface area contributed by atoms with E-state index in [1.807, 2.05) is 6.08 Å². The van der Waals surface area contributed by atoms with E-state index in [2.05, 4.69) is 19.2 Å². The Morgan fingerprint density at radius 2 is 2.25 bits per heavy atom. The summed E-state index contributed by atoms with van der Waals surface area (Å²) in [6.07, 6.45) is 6.90. The predicted molar refractivity (Wildman–Crippen MR) is 60.0 cm³/mol. The van der Waals surface area contributed by atoms with Gasteiger partial charge in [-0.3, -0.25) is 0 Å². The first-order valence-electron chi connectivity index (χ1n) is 3.84. The minimum atomic E-state index is -2.28. The molecule has 0 aromatic rings. The van der Waals surface area contributed by atoms with E-state index in [0.717, 1.165) is 6.42 Å². The fourth-order valence-electron chi connectivity index (χ4n) is 0.553. The van der Waals surface area contributed by atoms with Crippen molar-refractivity contribution in [2.45, 2.75) is 26.2 Å². The summed E-state index contributed by atoms with van der Waals surface area (Å²) < 4.78 is 9.97. The lowest BCUT2D eigenvalue weighted by Crippen LogP contribution is -1.77. The summed E-state index contributed by atoms with van der Waals surface area (Å²) in [4.78, 5) is 0. The van der Waals surface area contributed by atoms with Crippen molar-refractivity contribution in [3.63, 3.8) is 0 Å². The van der Waals surface area contributed by atoms with Crippen LogP contribution in [0.2, 0.25) is 0 Å². The summed E-state index contributed by atoms with van der Waals surface area (Å²) in [5, 5.41) is 0. The Labute approximate surface area is 84.7 Å². The molecule has 1 unspecified atom stereocenters. The van der Waals surface area contributed by atoms with Gasteiger partial charge >= 0.3 is 0 Å². The molecule has 72 valence electrons. The Hall–Kier alpha value is 0.500. The highest BCUT2D eigenvalue weighted by molar-refractivity contribution is 8.60. The Balaban J connectivity index is 3.53. The van der Waals surface area contributed by atoms with Gasteiger partial charge in [-0.2, -0.15) is 0 Å². The molecule has 0 aromatic heterocycles. The molecular formula is C7H15O2PS2. The van der Waals surface area contributed by atoms with Crippen molar-refractivity contribution in [1.82, 2.24) is 0 Å². The summed E-state index contributed by atoms with van der Waals surface area (Å²) in [6.45, 7) is 2.15. The maximum Gasteiger partial charge on any atom is 0.293 e. The van der Waals surface area contributed by atoms with E-state index < -0.39 is 5.69 Å². The fourth-order valence-corrected chi connectivity index (χ4v) is 1.19. The summed E-state index contributed by atoms with van der Waals surface area (Å²) in [7, 11) is 1.51. The molecule has 0 fully saturated rings. The van der Waals surface area contributed by atoms with Crippen LogP contribution >= 0.6 is 17.9 Å². The minimum absolute atomic E-state index is 1.02. The summed E-state index contributed by atoms with van der Waals surface area (Å²) in [6, 6.07) is 0. The van der Waals surface area contributed by atoms with Gasteiger partial charge in [0.2, 0.25) is 0 Å². The Morgan fingerprint density at radius 3 is 2.75 bits per heavy atom. The van der Waals surface area contributed by atoms with Gasteiger partial charge in [0, 0.05) is 7.11 Å². The van der Waals surface area contributed by atoms with Crippen LogP contribution in [0.5, 0.6) is 0 Å². The molecule has 0 saturated heterocycles. The molecule has 0 aliphatic heterocycles. The van der Waals surface area contributed by atoms with Crippen LogP contribution in [0.15, 0.2) is 12.3 Å². The van der Waals surface area contributed by atoms with Gasteiger partial charge in [-0.15, -0.1) is 0 Å². The van der Waals surface area contributed by atoms with Gasteiger partial charge in [0.1, 0.15) is 0 Å². The van der Waals surface area contributed by atoms with E-state index in [9.17, 15) is 0 Å². The van der Waals surface area contributed by atoms with E-state index in [1.165, 1.54) is 20.0 Å². The van der Waals surface area contributed by atoms with Gasteiger partial charge in [0.15, 0.2) is 0 Å². The molecule has 0 aliphatic rings. The van der Waals surface area contributed by atoms with Gasteiger partial charge in [-0.1, -0.05) is 25.6 Å². The maximum atomic E-state index is 5.11. The average Bonchev–Trinajstić information content (AvgIpc) is 2.04. The largest absolute Gasteiger partial charge is 0.445 e. The quantitative estimate of drug-likeness (QED) is 0.323. The van der Waals surface area contributed by atoms with Gasteiger partial charge in [-0.05, 0) is 30.7 Å². The molecule has 0 spiro atoms. The van der Waals surface area contributed by atoms with E-state index in [1.54, 1.807) is 6.26 Å². The summed E-state index contributed by atoms with van der Waals surface area (Å²) in [5.41, 5.74) is -2.28. The maximum absolute atomic E-state index is 5.11. The van der Waals surface area contributed by atoms with E-state index in [0.29, 0.717) is 0 Å². The monoisotopic (exact) mass is 226 g/mol. The molecule has 0 saturated carbocycles. The second-order valence-electron chi connectivity index (χ2n) is 2.27. The van der Waals surface area contributed by atoms with E-state index >= 15 is 0 Å². The van der Waals surface area contributed by atoms with Crippen LogP contribution < -0.4 is 0 Å². The standard InChI is InChI=1S/C7H15O2PS2/c1-3-4-5-6-7-9-10(11,12)8-2/h6-7H,3-5H2,1-2H3,(H,11,12). The minimum Gasteiger partial charge on any atom is -0.445 e. The molecule has 0 heterocycles. The van der Waals surface area contributed by atoms with Crippen LogP contribution in [-0.4, -0.2) is 7.11 Å². The summed E-state index contributed by atoms with van der Waals surface area (Å²) in [5.74, 6) is 0. The van der Waals surface area contributed by atoms with Crippen molar-refractivity contribution in [2.75, 3.05) is 7.11 Å². The molecule has 0 aromatic carbocycles. The van der Waals surface area contributed by atoms with Crippen LogP contribution in [-0.2, 0) is 20.9 Å². The molecule has 5 heteroatoms. The molecule has 0 radical (unpaired) electrons. The predicted octanol–water partition coefficient (Wildman–Crippen LogP) is 3.51. The normalized spacial score (nSPS) is 16.2. The fraction of sp³-hybridized carbons (Fsp3) is 0.714. The third kappa shape index (κ3) is 7.17. The van der Waals surface area contributed by atoms with Crippen molar-refractivity contribution in [3.05, 3.63) is 12.3 Å². The van der Waals surface area contributed by atoms with Gasteiger partial charge in [0.05, 0.1) is 6.26 Å². The average molecular weight is 226 g/mol. The lowest BCUT2D eigenvalue weighted by atomic mass is 10.2. The molecule has 12 heavy (non-hydrogen) atoms. The number of rotatable bonds is 6. The SMILES string of the molecule is CCCCC=COP(=S)(S)OC. The zero-order valence-corrected chi connectivity index (χ0v) is 10.0. The first-order valence-corrected chi connectivity index (χ1v) is 7.63. The molecule has 0 bridgehead atoms. The lowest BCUT2D eigenvalue weighted by molar-refractivity contribution is 0.383. The highest BCUT2D eigenvalue weighted by atomic mass is 32.9. The van der Waals surface area contributed by atoms with Crippen LogP contribution in [0.3, 0.4) is 0 Å². The zero-order valence-electron chi connectivity index (χ0n) is 7.40. The zero-order chi connectivity index (χ0) is 9.45. The van der Waals surface area contributed by atoms with Crippen molar-refractivity contribution in [2.24, 2.45) is 0 Å². The third-order valence-electron chi connectivity index (χ3n) is 1.25. The van der Waals surface area contributed by atoms with E-state index in [-0.39, 0.29) is 0 Å². The van der Waals surface area contributed by atoms with Crippen molar-refractivity contribution >= 4 is 29.7 Å². The topological polar surface area (TPSA) is 18.5 Å². The van der Waals surface area contributed by atoms with Crippen LogP contribution in [0.4, 0.5) is 0 Å². The number of thiol groups is 1. The number of hydrogen-bond acceptors (Lipinski definition) is 3. The second kappa shape index (κ2) is 6.96. The van der Waals surface area contributed by atoms with Crippen molar-refractivity contribution < 1.29 is 9.05 Å². The molecular weight excluding hydrogens is 211 g/mol. The molecule has 2 nitrogen and oxygen atoms in total. The van der Waals surface area contributed by atoms with Gasteiger partial charge < -0.3 is 9.05 Å². The number of hydrogen-bond donors (Lipinski definition) is 1. The number of allylic oxidation sites excluding steroid dienone is 1. The van der Waals surface area contributed by atoms with Crippen LogP contribution in [0.1, 0.15) is 26.2 Å². The van der Waals surface area contributed by atoms with Crippen molar-refractivity contribution in [1.29, 1.82) is 0 Å². The Kier molecular flexibility index (Phi) is 7.25. The second-order valence-corrected chi connectivity index (χ2v) is 7.62. The first-order chi connectivity index (χ1) is 5.62. The smallest absolute Gasteiger partial charge is 0.293 e. The Bertz CT molecular complexity index is 182. The number of unbranched alkanes of at least 4 members (excludes halogenated alkanes) is 2. The van der Waals surface area contributed by atoms with Crippen LogP contribution in [0.25, 0.3) is 0 Å². The van der Waals surface area contributed by atoms with Crippen LogP contribution in [0, 0.1) is 0 Å². The van der Waals surface area contributed by atoms with E-state index in [4.69, 9.17) is 20.9 Å².